The van der Waals surface area contributed by atoms with E-state index in [1.54, 1.807) is 0 Å². The molecule has 2 heteroatoms. The molecule has 0 aromatic rings. The zero-order valence-corrected chi connectivity index (χ0v) is 7.80. The molecule has 0 spiro atoms. The Morgan fingerprint density at radius 1 is 1.55 bits per heavy atom. The van der Waals surface area contributed by atoms with E-state index in [9.17, 15) is 0 Å². The Hall–Kier alpha value is -0.0800. The molecule has 0 N–H and O–H groups in total. The van der Waals surface area contributed by atoms with Gasteiger partial charge in [0.05, 0.1) is 0 Å². The molecule has 2 nitrogen and oxygen atoms in total. The van der Waals surface area contributed by atoms with E-state index >= 15 is 0 Å². The monoisotopic (exact) mass is 154 g/mol. The largest absolute Gasteiger partial charge is 0.302 e. The van der Waals surface area contributed by atoms with E-state index in [-0.39, 0.29) is 0 Å². The summed E-state index contributed by atoms with van der Waals surface area (Å²) >= 11 is 0. The van der Waals surface area contributed by atoms with Gasteiger partial charge in [-0.2, -0.15) is 0 Å². The first kappa shape index (κ1) is 7.56. The second-order valence-electron chi connectivity index (χ2n) is 4.23. The lowest BCUT2D eigenvalue weighted by molar-refractivity contribution is 0.224. The fraction of sp³-hybridized carbons (Fsp3) is 1.00. The topological polar surface area (TPSA) is 6.48 Å². The lowest BCUT2D eigenvalue weighted by Gasteiger charge is -2.24. The molecular weight excluding hydrogens is 136 g/mol. The highest BCUT2D eigenvalue weighted by Crippen LogP contribution is 2.52. The van der Waals surface area contributed by atoms with Gasteiger partial charge in [0.1, 0.15) is 0 Å². The molecule has 0 radical (unpaired) electrons. The summed E-state index contributed by atoms with van der Waals surface area (Å²) in [5.41, 5.74) is 0.593. The third kappa shape index (κ3) is 0.926. The van der Waals surface area contributed by atoms with E-state index in [2.05, 4.69) is 30.8 Å². The second-order valence-corrected chi connectivity index (χ2v) is 4.23. The summed E-state index contributed by atoms with van der Waals surface area (Å²) in [6.45, 7) is 6.13. The summed E-state index contributed by atoms with van der Waals surface area (Å²) in [5.74, 6) is 0.984. The molecule has 1 saturated heterocycles. The SMILES string of the molecule is CCN1CC2CC2(N(C)C)C1. The molecule has 1 heterocycles. The molecule has 0 amide bonds. The number of piperidine rings is 1. The van der Waals surface area contributed by atoms with E-state index in [1.807, 2.05) is 0 Å². The normalized spacial score (nSPS) is 43.1. The second kappa shape index (κ2) is 2.20. The summed E-state index contributed by atoms with van der Waals surface area (Å²) < 4.78 is 0. The van der Waals surface area contributed by atoms with Gasteiger partial charge in [0, 0.05) is 18.6 Å². The lowest BCUT2D eigenvalue weighted by atomic mass is 10.2. The molecule has 2 rings (SSSR count). The molecule has 1 aliphatic carbocycles. The van der Waals surface area contributed by atoms with Crippen molar-refractivity contribution in [2.75, 3.05) is 33.7 Å². The Kier molecular flexibility index (Phi) is 1.52. The van der Waals surface area contributed by atoms with Gasteiger partial charge in [-0.1, -0.05) is 6.92 Å². The van der Waals surface area contributed by atoms with Gasteiger partial charge in [-0.25, -0.2) is 0 Å². The molecule has 1 saturated carbocycles. The van der Waals surface area contributed by atoms with Crippen molar-refractivity contribution in [2.24, 2.45) is 5.92 Å². The summed E-state index contributed by atoms with van der Waals surface area (Å²) in [6, 6.07) is 0. The highest BCUT2D eigenvalue weighted by atomic mass is 15.3. The van der Waals surface area contributed by atoms with Crippen LogP contribution in [0.2, 0.25) is 0 Å². The first-order chi connectivity index (χ1) is 5.19. The molecule has 1 aliphatic heterocycles. The van der Waals surface area contributed by atoms with Crippen LogP contribution in [0.15, 0.2) is 0 Å². The van der Waals surface area contributed by atoms with Gasteiger partial charge < -0.3 is 9.80 Å². The maximum Gasteiger partial charge on any atom is 0.0375 e. The summed E-state index contributed by atoms with van der Waals surface area (Å²) in [4.78, 5) is 4.99. The van der Waals surface area contributed by atoms with Gasteiger partial charge in [-0.05, 0) is 33.0 Å². The Balaban J connectivity index is 2.01. The molecule has 2 atom stereocenters. The number of likely N-dealkylation sites (tertiary alicyclic amines) is 1. The first-order valence-electron chi connectivity index (χ1n) is 4.59. The maximum absolute atomic E-state index is 2.56. The van der Waals surface area contributed by atoms with Gasteiger partial charge in [0.25, 0.3) is 0 Å². The van der Waals surface area contributed by atoms with E-state index in [0.29, 0.717) is 5.54 Å². The minimum Gasteiger partial charge on any atom is -0.302 e. The van der Waals surface area contributed by atoms with Crippen molar-refractivity contribution in [2.45, 2.75) is 18.9 Å². The Bertz CT molecular complexity index is 167. The average molecular weight is 154 g/mol. The molecule has 0 bridgehead atoms. The van der Waals surface area contributed by atoms with E-state index in [0.717, 1.165) is 5.92 Å². The van der Waals surface area contributed by atoms with Crippen LogP contribution in [0.3, 0.4) is 0 Å². The minimum atomic E-state index is 0.593. The van der Waals surface area contributed by atoms with Gasteiger partial charge in [-0.15, -0.1) is 0 Å². The van der Waals surface area contributed by atoms with Crippen molar-refractivity contribution in [3.8, 4) is 0 Å². The number of fused-ring (bicyclic) bond motifs is 1. The zero-order chi connectivity index (χ0) is 8.06. The van der Waals surface area contributed by atoms with Crippen molar-refractivity contribution in [3.63, 3.8) is 0 Å². The number of nitrogens with zero attached hydrogens (tertiary/aromatic N) is 2. The van der Waals surface area contributed by atoms with Crippen LogP contribution in [-0.4, -0.2) is 49.1 Å². The molecule has 0 aromatic heterocycles. The third-order valence-corrected chi connectivity index (χ3v) is 3.51. The molecule has 0 aromatic carbocycles. The number of hydrogen-bond donors (Lipinski definition) is 0. The van der Waals surface area contributed by atoms with Gasteiger partial charge in [0.2, 0.25) is 0 Å². The fourth-order valence-electron chi connectivity index (χ4n) is 2.49. The molecule has 64 valence electrons. The van der Waals surface area contributed by atoms with Crippen molar-refractivity contribution in [1.82, 2.24) is 9.80 Å². The Labute approximate surface area is 69.2 Å². The van der Waals surface area contributed by atoms with Crippen LogP contribution in [0, 0.1) is 5.92 Å². The smallest absolute Gasteiger partial charge is 0.0375 e. The minimum absolute atomic E-state index is 0.593. The highest BCUT2D eigenvalue weighted by molar-refractivity contribution is 5.17. The molecule has 2 fully saturated rings. The van der Waals surface area contributed by atoms with Crippen LogP contribution in [0.4, 0.5) is 0 Å². The fourth-order valence-corrected chi connectivity index (χ4v) is 2.49. The van der Waals surface area contributed by atoms with Crippen molar-refractivity contribution in [1.29, 1.82) is 0 Å². The third-order valence-electron chi connectivity index (χ3n) is 3.51. The Morgan fingerprint density at radius 3 is 2.64 bits per heavy atom. The number of hydrogen-bond acceptors (Lipinski definition) is 2. The number of rotatable bonds is 2. The number of likely N-dealkylation sites (N-methyl/N-ethyl adjacent to an activating group) is 2. The van der Waals surface area contributed by atoms with E-state index in [4.69, 9.17) is 0 Å². The van der Waals surface area contributed by atoms with Gasteiger partial charge in [0.15, 0.2) is 0 Å². The van der Waals surface area contributed by atoms with Crippen molar-refractivity contribution >= 4 is 0 Å². The quantitative estimate of drug-likeness (QED) is 0.576. The highest BCUT2D eigenvalue weighted by Gasteiger charge is 2.60. The summed E-state index contributed by atoms with van der Waals surface area (Å²) in [5, 5.41) is 0. The van der Waals surface area contributed by atoms with E-state index < -0.39 is 0 Å². The lowest BCUT2D eigenvalue weighted by Crippen LogP contribution is -2.37. The van der Waals surface area contributed by atoms with Crippen LogP contribution in [0.25, 0.3) is 0 Å². The predicted octanol–water partition coefficient (Wildman–Crippen LogP) is 0.642. The summed E-state index contributed by atoms with van der Waals surface area (Å²) in [6.07, 6.45) is 1.44. The average Bonchev–Trinajstić information content (AvgIpc) is 2.56. The van der Waals surface area contributed by atoms with Crippen molar-refractivity contribution < 1.29 is 0 Å². The first-order valence-corrected chi connectivity index (χ1v) is 4.59. The summed E-state index contributed by atoms with van der Waals surface area (Å²) in [7, 11) is 4.44. The van der Waals surface area contributed by atoms with Gasteiger partial charge in [-0.3, -0.25) is 0 Å². The Morgan fingerprint density at radius 2 is 2.27 bits per heavy atom. The van der Waals surface area contributed by atoms with Crippen LogP contribution in [-0.2, 0) is 0 Å². The van der Waals surface area contributed by atoms with Crippen LogP contribution in [0.1, 0.15) is 13.3 Å². The predicted molar refractivity (Wildman–Crippen MR) is 46.6 cm³/mol. The van der Waals surface area contributed by atoms with Crippen molar-refractivity contribution in [3.05, 3.63) is 0 Å². The maximum atomic E-state index is 2.56. The van der Waals surface area contributed by atoms with Crippen LogP contribution < -0.4 is 0 Å². The van der Waals surface area contributed by atoms with Crippen LogP contribution in [0.5, 0.6) is 0 Å². The molecule has 2 unspecified atom stereocenters. The van der Waals surface area contributed by atoms with Gasteiger partial charge >= 0.3 is 0 Å². The molecule has 2 aliphatic rings. The van der Waals surface area contributed by atoms with E-state index in [1.165, 1.54) is 26.1 Å². The van der Waals surface area contributed by atoms with Crippen LogP contribution >= 0.6 is 0 Å². The standard InChI is InChI=1S/C9H18N2/c1-4-11-6-8-5-9(8,7-11)10(2)3/h8H,4-7H2,1-3H3. The molecular formula is C9H18N2. The molecule has 11 heavy (non-hydrogen) atoms. The zero-order valence-electron chi connectivity index (χ0n) is 7.80.